The Hall–Kier alpha value is -2.76. The van der Waals surface area contributed by atoms with Gasteiger partial charge in [-0.3, -0.25) is 0 Å². The van der Waals surface area contributed by atoms with Gasteiger partial charge in [-0.25, -0.2) is 0 Å². The molecule has 0 aliphatic heterocycles. The predicted molar refractivity (Wildman–Crippen MR) is 101 cm³/mol. The molecule has 6 heteroatoms. The van der Waals surface area contributed by atoms with Gasteiger partial charge in [0.25, 0.3) is 0 Å². The van der Waals surface area contributed by atoms with E-state index in [1.807, 2.05) is 6.07 Å². The zero-order valence-corrected chi connectivity index (χ0v) is 16.2. The summed E-state index contributed by atoms with van der Waals surface area (Å²) in [6.45, 7) is 4.30. The second-order valence-corrected chi connectivity index (χ2v) is 7.14. The molecule has 1 aliphatic carbocycles. The Morgan fingerprint density at radius 1 is 0.852 bits per heavy atom. The zero-order valence-electron chi connectivity index (χ0n) is 16.2. The molecule has 3 atom stereocenters. The molecule has 3 rings (SSSR count). The summed E-state index contributed by atoms with van der Waals surface area (Å²) in [4.78, 5) is 0. The maximum atomic E-state index is 10.6. The number of ether oxygens (including phenoxy) is 3. The fraction of sp³-hybridized carbons (Fsp3) is 0.429. The molecule has 3 N–H and O–H groups in total. The van der Waals surface area contributed by atoms with E-state index in [4.69, 9.17) is 14.2 Å². The molecule has 0 bridgehead atoms. The molecule has 0 saturated carbocycles. The normalized spacial score (nSPS) is 21.4. The van der Waals surface area contributed by atoms with Crippen LogP contribution in [0.5, 0.6) is 34.5 Å². The molecule has 0 radical (unpaired) electrons. The first-order chi connectivity index (χ1) is 12.8. The van der Waals surface area contributed by atoms with E-state index < -0.39 is 0 Å². The third-order valence-electron chi connectivity index (χ3n) is 5.70. The summed E-state index contributed by atoms with van der Waals surface area (Å²) in [7, 11) is 4.47. The molecule has 146 valence electrons. The number of hydrogen-bond acceptors (Lipinski definition) is 6. The second kappa shape index (κ2) is 7.10. The average Bonchev–Trinajstić information content (AvgIpc) is 2.65. The van der Waals surface area contributed by atoms with Crippen molar-refractivity contribution in [3.63, 3.8) is 0 Å². The van der Waals surface area contributed by atoms with Gasteiger partial charge in [0.1, 0.15) is 0 Å². The van der Waals surface area contributed by atoms with Crippen LogP contribution in [0.3, 0.4) is 0 Å². The fourth-order valence-corrected chi connectivity index (χ4v) is 4.11. The lowest BCUT2D eigenvalue weighted by Gasteiger charge is -2.38. The topological polar surface area (TPSA) is 88.4 Å². The van der Waals surface area contributed by atoms with E-state index in [2.05, 4.69) is 13.8 Å². The lowest BCUT2D eigenvalue weighted by atomic mass is 9.67. The Balaban J connectivity index is 2.29. The molecular weight excluding hydrogens is 348 g/mol. The van der Waals surface area contributed by atoms with Gasteiger partial charge in [-0.15, -0.1) is 0 Å². The molecule has 27 heavy (non-hydrogen) atoms. The lowest BCUT2D eigenvalue weighted by molar-refractivity contribution is 0.296. The minimum absolute atomic E-state index is 0.0412. The van der Waals surface area contributed by atoms with Gasteiger partial charge in [-0.05, 0) is 47.6 Å². The highest BCUT2D eigenvalue weighted by atomic mass is 16.5. The van der Waals surface area contributed by atoms with E-state index in [0.717, 1.165) is 23.1 Å². The van der Waals surface area contributed by atoms with Crippen molar-refractivity contribution < 1.29 is 29.5 Å². The van der Waals surface area contributed by atoms with Crippen LogP contribution in [0.15, 0.2) is 18.2 Å². The van der Waals surface area contributed by atoms with Crippen molar-refractivity contribution >= 4 is 0 Å². The molecular formula is C21H26O6. The third kappa shape index (κ3) is 2.99. The standard InChI is InChI=1S/C21H26O6/c1-10-6-12-8-16(26-4)20(24)21(27-5)18(12)17(11(10)2)13-7-14(22)19(23)15(9-13)25-3/h7-11,17,22-24H,6H2,1-5H3. The first-order valence-corrected chi connectivity index (χ1v) is 8.90. The number of phenols is 3. The number of aromatic hydroxyl groups is 3. The van der Waals surface area contributed by atoms with Gasteiger partial charge in [-0.2, -0.15) is 0 Å². The van der Waals surface area contributed by atoms with Gasteiger partial charge in [0, 0.05) is 11.5 Å². The molecule has 0 fully saturated rings. The highest BCUT2D eigenvalue weighted by Crippen LogP contribution is 2.54. The second-order valence-electron chi connectivity index (χ2n) is 7.14. The van der Waals surface area contributed by atoms with Crippen LogP contribution in [-0.4, -0.2) is 36.6 Å². The van der Waals surface area contributed by atoms with Crippen molar-refractivity contribution in [1.82, 2.24) is 0 Å². The summed E-state index contributed by atoms with van der Waals surface area (Å²) < 4.78 is 16.1. The molecule has 1 aliphatic rings. The van der Waals surface area contributed by atoms with E-state index in [-0.39, 0.29) is 34.8 Å². The molecule has 0 spiro atoms. The molecule has 0 aromatic heterocycles. The van der Waals surface area contributed by atoms with E-state index in [1.165, 1.54) is 21.3 Å². The van der Waals surface area contributed by atoms with Crippen molar-refractivity contribution in [1.29, 1.82) is 0 Å². The molecule has 0 saturated heterocycles. The molecule has 3 unspecified atom stereocenters. The minimum atomic E-state index is -0.289. The number of methoxy groups -OCH3 is 3. The maximum absolute atomic E-state index is 10.6. The SMILES string of the molecule is COc1cc(C2c3c(cc(OC)c(O)c3OC)CC(C)C2C)cc(O)c1O. The van der Waals surface area contributed by atoms with Crippen LogP contribution < -0.4 is 14.2 Å². The number of phenolic OH excluding ortho intramolecular Hbond substituents is 3. The van der Waals surface area contributed by atoms with E-state index in [0.29, 0.717) is 17.4 Å². The van der Waals surface area contributed by atoms with Crippen molar-refractivity contribution in [3.8, 4) is 34.5 Å². The number of fused-ring (bicyclic) bond motifs is 1. The van der Waals surface area contributed by atoms with Crippen LogP contribution in [0.1, 0.15) is 36.5 Å². The lowest BCUT2D eigenvalue weighted by Crippen LogP contribution is -2.27. The third-order valence-corrected chi connectivity index (χ3v) is 5.70. The van der Waals surface area contributed by atoms with Gasteiger partial charge in [0.05, 0.1) is 21.3 Å². The number of hydrogen-bond donors (Lipinski definition) is 3. The van der Waals surface area contributed by atoms with Gasteiger partial charge in [0.15, 0.2) is 23.0 Å². The van der Waals surface area contributed by atoms with E-state index in [9.17, 15) is 15.3 Å². The van der Waals surface area contributed by atoms with Gasteiger partial charge in [0.2, 0.25) is 11.5 Å². The van der Waals surface area contributed by atoms with Crippen LogP contribution in [0.2, 0.25) is 0 Å². The molecule has 0 amide bonds. The Morgan fingerprint density at radius 3 is 2.07 bits per heavy atom. The number of benzene rings is 2. The van der Waals surface area contributed by atoms with Crippen molar-refractivity contribution in [2.45, 2.75) is 26.2 Å². The van der Waals surface area contributed by atoms with E-state index in [1.54, 1.807) is 12.1 Å². The summed E-state index contributed by atoms with van der Waals surface area (Å²) in [5.41, 5.74) is 2.68. The largest absolute Gasteiger partial charge is 0.504 e. The zero-order chi connectivity index (χ0) is 19.9. The van der Waals surface area contributed by atoms with Crippen LogP contribution >= 0.6 is 0 Å². The summed E-state index contributed by atoms with van der Waals surface area (Å²) in [6.07, 6.45) is 0.821. The average molecular weight is 374 g/mol. The smallest absolute Gasteiger partial charge is 0.201 e. The molecule has 2 aromatic carbocycles. The summed E-state index contributed by atoms with van der Waals surface area (Å²) in [6, 6.07) is 5.11. The van der Waals surface area contributed by atoms with Crippen molar-refractivity contribution in [2.24, 2.45) is 11.8 Å². The highest BCUT2D eigenvalue weighted by molar-refractivity contribution is 5.63. The number of rotatable bonds is 4. The molecule has 0 heterocycles. The van der Waals surface area contributed by atoms with Gasteiger partial charge in [-0.1, -0.05) is 13.8 Å². The first-order valence-electron chi connectivity index (χ1n) is 8.90. The summed E-state index contributed by atoms with van der Waals surface area (Å²) in [5.74, 6) is 0.772. The highest BCUT2D eigenvalue weighted by Gasteiger charge is 2.37. The first kappa shape index (κ1) is 19.0. The van der Waals surface area contributed by atoms with Crippen LogP contribution in [0.4, 0.5) is 0 Å². The summed E-state index contributed by atoms with van der Waals surface area (Å²) >= 11 is 0. The van der Waals surface area contributed by atoms with Crippen molar-refractivity contribution in [3.05, 3.63) is 34.9 Å². The monoisotopic (exact) mass is 374 g/mol. The van der Waals surface area contributed by atoms with Gasteiger partial charge < -0.3 is 29.5 Å². The Labute approximate surface area is 158 Å². The van der Waals surface area contributed by atoms with Crippen LogP contribution in [-0.2, 0) is 6.42 Å². The van der Waals surface area contributed by atoms with Crippen LogP contribution in [0, 0.1) is 11.8 Å². The maximum Gasteiger partial charge on any atom is 0.201 e. The van der Waals surface area contributed by atoms with Crippen molar-refractivity contribution in [2.75, 3.05) is 21.3 Å². The van der Waals surface area contributed by atoms with Gasteiger partial charge >= 0.3 is 0 Å². The fourth-order valence-electron chi connectivity index (χ4n) is 4.11. The minimum Gasteiger partial charge on any atom is -0.504 e. The molecule has 2 aromatic rings. The predicted octanol–water partition coefficient (Wildman–Crippen LogP) is 3.79. The molecule has 6 nitrogen and oxygen atoms in total. The van der Waals surface area contributed by atoms with Crippen LogP contribution in [0.25, 0.3) is 0 Å². The quantitative estimate of drug-likeness (QED) is 0.706. The van der Waals surface area contributed by atoms with E-state index >= 15 is 0 Å². The summed E-state index contributed by atoms with van der Waals surface area (Å²) in [5, 5.41) is 30.8. The Morgan fingerprint density at radius 2 is 1.48 bits per heavy atom. The Kier molecular flexibility index (Phi) is 5.00. The Bertz CT molecular complexity index is 860.